The van der Waals surface area contributed by atoms with E-state index in [9.17, 15) is 19.2 Å². The molecule has 4 heterocycles. The number of hydrogen-bond donors (Lipinski definition) is 0. The van der Waals surface area contributed by atoms with Crippen LogP contribution in [0.5, 0.6) is 11.5 Å². The van der Waals surface area contributed by atoms with Crippen LogP contribution in [0.4, 0.5) is 4.79 Å². The summed E-state index contributed by atoms with van der Waals surface area (Å²) in [5.74, 6) is 1.46. The fourth-order valence-corrected chi connectivity index (χ4v) is 7.03. The van der Waals surface area contributed by atoms with Gasteiger partial charge in [-0.15, -0.1) is 0 Å². The van der Waals surface area contributed by atoms with E-state index in [0.29, 0.717) is 26.3 Å². The molecular weight excluding hydrogens is 684 g/mol. The van der Waals surface area contributed by atoms with E-state index in [1.807, 2.05) is 86.6 Å². The number of ether oxygens (including phenoxy) is 3. The highest BCUT2D eigenvalue weighted by atomic mass is 16.6. The average Bonchev–Trinajstić information content (AvgIpc) is 3.14. The number of aromatic nitrogens is 2. The third kappa shape index (κ3) is 9.38. The van der Waals surface area contributed by atoms with Crippen LogP contribution in [0.1, 0.15) is 50.3 Å². The Bertz CT molecular complexity index is 2250. The molecule has 0 atom stereocenters. The van der Waals surface area contributed by atoms with Crippen LogP contribution in [0.15, 0.2) is 88.5 Å². The minimum atomic E-state index is -0.576. The molecule has 11 heteroatoms. The predicted molar refractivity (Wildman–Crippen MR) is 211 cm³/mol. The van der Waals surface area contributed by atoms with Gasteiger partial charge in [-0.2, -0.15) is 0 Å². The number of aldehydes is 1. The first-order valence-electron chi connectivity index (χ1n) is 18.6. The van der Waals surface area contributed by atoms with Gasteiger partial charge < -0.3 is 37.9 Å². The second-order valence-electron chi connectivity index (χ2n) is 15.1. The molecule has 0 saturated carbocycles. The molecule has 54 heavy (non-hydrogen) atoms. The smallest absolute Gasteiger partial charge is 0.410 e. The summed E-state index contributed by atoms with van der Waals surface area (Å²) in [5, 5.41) is 2.05. The summed E-state index contributed by atoms with van der Waals surface area (Å²) < 4.78 is 20.6. The molecule has 1 saturated heterocycles. The predicted octanol–water partition coefficient (Wildman–Crippen LogP) is 6.49. The SMILES string of the molecule is Cc1ccc2ccc(=O)n(CC=O)c2c1.Cc1ccc2ccc(=O)n(CCN3CCC(N(Cc4ccc5c(c4)OCCO5)C(=O)OC(C)(C)C)CC3)c2c1. The number of likely N-dealkylation sites (tertiary alicyclic amines) is 1. The standard InChI is InChI=1S/C31H39N3O5.C12H11NO2/c1-22-5-7-24-8-10-29(35)33(26(24)19-22)16-15-32-13-11-25(12-14-32)34(30(36)39-31(2,3)4)21-23-6-9-27-28(20-23)38-18-17-37-27;1-9-2-3-10-4-5-12(15)13(6-7-14)11(10)8-9/h5-10,19-20,25H,11-18,21H2,1-4H3;2-5,7-8H,6H2,1H3. The third-order valence-electron chi connectivity index (χ3n) is 9.78. The molecule has 5 aromatic rings. The molecule has 2 aliphatic heterocycles. The van der Waals surface area contributed by atoms with Crippen molar-refractivity contribution in [1.82, 2.24) is 18.9 Å². The van der Waals surface area contributed by atoms with Crippen LogP contribution in [-0.4, -0.2) is 75.8 Å². The Kier molecular flexibility index (Phi) is 11.9. The minimum Gasteiger partial charge on any atom is -0.486 e. The van der Waals surface area contributed by atoms with E-state index in [-0.39, 0.29) is 29.8 Å². The number of pyridine rings is 2. The van der Waals surface area contributed by atoms with Crippen molar-refractivity contribution in [3.63, 3.8) is 0 Å². The molecule has 0 spiro atoms. The average molecular weight is 735 g/mol. The molecule has 1 fully saturated rings. The maximum absolute atomic E-state index is 13.3. The Hall–Kier alpha value is -5.42. The maximum atomic E-state index is 13.3. The van der Waals surface area contributed by atoms with E-state index in [0.717, 1.165) is 88.8 Å². The zero-order valence-electron chi connectivity index (χ0n) is 31.9. The molecule has 1 amide bonds. The second kappa shape index (κ2) is 16.7. The summed E-state index contributed by atoms with van der Waals surface area (Å²) in [6.07, 6.45) is 2.12. The number of piperidine rings is 1. The van der Waals surface area contributed by atoms with Crippen molar-refractivity contribution in [3.05, 3.63) is 116 Å². The number of carbonyl (C=O) groups is 2. The van der Waals surface area contributed by atoms with Gasteiger partial charge in [0.15, 0.2) is 11.5 Å². The van der Waals surface area contributed by atoms with Crippen molar-refractivity contribution in [2.24, 2.45) is 0 Å². The number of fused-ring (bicyclic) bond motifs is 3. The van der Waals surface area contributed by atoms with Gasteiger partial charge in [0.25, 0.3) is 11.1 Å². The highest BCUT2D eigenvalue weighted by molar-refractivity contribution is 5.80. The third-order valence-corrected chi connectivity index (χ3v) is 9.78. The Balaban J connectivity index is 0.000000276. The van der Waals surface area contributed by atoms with Crippen LogP contribution >= 0.6 is 0 Å². The molecule has 11 nitrogen and oxygen atoms in total. The Morgan fingerprint density at radius 2 is 1.35 bits per heavy atom. The van der Waals surface area contributed by atoms with Crippen molar-refractivity contribution in [2.45, 2.75) is 78.7 Å². The van der Waals surface area contributed by atoms with Crippen LogP contribution in [0.2, 0.25) is 0 Å². The highest BCUT2D eigenvalue weighted by Crippen LogP contribution is 2.32. The first-order valence-corrected chi connectivity index (χ1v) is 18.6. The second-order valence-corrected chi connectivity index (χ2v) is 15.1. The Labute approximate surface area is 315 Å². The van der Waals surface area contributed by atoms with Crippen molar-refractivity contribution in [1.29, 1.82) is 0 Å². The van der Waals surface area contributed by atoms with Gasteiger partial charge >= 0.3 is 6.09 Å². The quantitative estimate of drug-likeness (QED) is 0.166. The van der Waals surface area contributed by atoms with E-state index in [1.165, 1.54) is 10.6 Å². The van der Waals surface area contributed by atoms with Crippen molar-refractivity contribution < 1.29 is 23.8 Å². The lowest BCUT2D eigenvalue weighted by Crippen LogP contribution is -2.49. The number of hydrogen-bond acceptors (Lipinski definition) is 8. The van der Waals surface area contributed by atoms with Gasteiger partial charge in [0, 0.05) is 50.9 Å². The van der Waals surface area contributed by atoms with Crippen LogP contribution in [-0.2, 0) is 29.2 Å². The zero-order chi connectivity index (χ0) is 38.4. The summed E-state index contributed by atoms with van der Waals surface area (Å²) in [5.41, 5.74) is 4.31. The molecular formula is C43H50N4O7. The summed E-state index contributed by atoms with van der Waals surface area (Å²) in [4.78, 5) is 52.3. The maximum Gasteiger partial charge on any atom is 0.410 e. The van der Waals surface area contributed by atoms with Gasteiger partial charge in [-0.1, -0.05) is 30.3 Å². The van der Waals surface area contributed by atoms with Crippen LogP contribution in [0.3, 0.4) is 0 Å². The van der Waals surface area contributed by atoms with Crippen LogP contribution < -0.4 is 20.6 Å². The molecule has 2 aliphatic rings. The van der Waals surface area contributed by atoms with Gasteiger partial charge in [-0.3, -0.25) is 9.59 Å². The van der Waals surface area contributed by atoms with Gasteiger partial charge in [0.2, 0.25) is 0 Å². The first kappa shape index (κ1) is 38.3. The van der Waals surface area contributed by atoms with E-state index >= 15 is 0 Å². The molecule has 0 bridgehead atoms. The molecule has 0 unspecified atom stereocenters. The van der Waals surface area contributed by atoms with Gasteiger partial charge in [-0.05, 0) is 111 Å². The van der Waals surface area contributed by atoms with Crippen LogP contribution in [0, 0.1) is 13.8 Å². The largest absolute Gasteiger partial charge is 0.486 e. The molecule has 284 valence electrons. The van der Waals surface area contributed by atoms with E-state index in [4.69, 9.17) is 14.2 Å². The summed E-state index contributed by atoms with van der Waals surface area (Å²) >= 11 is 0. The fourth-order valence-electron chi connectivity index (χ4n) is 7.03. The van der Waals surface area contributed by atoms with E-state index < -0.39 is 5.60 Å². The molecule has 0 N–H and O–H groups in total. The number of benzene rings is 3. The first-order chi connectivity index (χ1) is 25.9. The Morgan fingerprint density at radius 3 is 1.96 bits per heavy atom. The van der Waals surface area contributed by atoms with Crippen LogP contribution in [0.25, 0.3) is 21.8 Å². The van der Waals surface area contributed by atoms with Gasteiger partial charge in [-0.25, -0.2) is 4.79 Å². The van der Waals surface area contributed by atoms with Crippen molar-refractivity contribution in [2.75, 3.05) is 32.8 Å². The van der Waals surface area contributed by atoms with Crippen molar-refractivity contribution in [3.8, 4) is 11.5 Å². The topological polar surface area (TPSA) is 112 Å². The zero-order valence-corrected chi connectivity index (χ0v) is 31.9. The summed E-state index contributed by atoms with van der Waals surface area (Å²) in [7, 11) is 0. The van der Waals surface area contributed by atoms with Crippen molar-refractivity contribution >= 4 is 34.2 Å². The molecule has 0 aliphatic carbocycles. The number of rotatable bonds is 8. The van der Waals surface area contributed by atoms with E-state index in [2.05, 4.69) is 23.1 Å². The van der Waals surface area contributed by atoms with Gasteiger partial charge in [0.1, 0.15) is 25.1 Å². The lowest BCUT2D eigenvalue weighted by atomic mass is 10.0. The normalized spacial score (nSPS) is 14.7. The Morgan fingerprint density at radius 1 is 0.778 bits per heavy atom. The molecule has 7 rings (SSSR count). The summed E-state index contributed by atoms with van der Waals surface area (Å²) in [6.45, 7) is 14.4. The highest BCUT2D eigenvalue weighted by Gasteiger charge is 2.31. The number of amides is 1. The number of nitrogens with zero attached hydrogens (tertiary/aromatic N) is 4. The lowest BCUT2D eigenvalue weighted by molar-refractivity contribution is -0.108. The van der Waals surface area contributed by atoms with E-state index in [1.54, 1.807) is 12.1 Å². The fraction of sp³-hybridized carbons (Fsp3) is 0.395. The number of carbonyl (C=O) groups excluding carboxylic acids is 2. The van der Waals surface area contributed by atoms with Gasteiger partial charge in [0.05, 0.1) is 17.6 Å². The lowest BCUT2D eigenvalue weighted by Gasteiger charge is -2.39. The molecule has 2 aromatic heterocycles. The summed E-state index contributed by atoms with van der Waals surface area (Å²) in [6, 6.07) is 24.8. The molecule has 3 aromatic carbocycles. The molecule has 0 radical (unpaired) electrons. The monoisotopic (exact) mass is 734 g/mol. The number of aryl methyl sites for hydroxylation is 2. The minimum absolute atomic E-state index is 0.0264.